The molecule has 0 aromatic rings. The standard InChI is InChI=1S/C16H31N3O3S/c17-6-7-20-8-9-21-10-11-22-12-15-13-23-16(19-15)18-14-4-2-1-3-5-14/h13-14,16,18-19H,1-12,17H2. The molecule has 1 fully saturated rings. The van der Waals surface area contributed by atoms with Gasteiger partial charge in [0.2, 0.25) is 0 Å². The summed E-state index contributed by atoms with van der Waals surface area (Å²) < 4.78 is 16.3. The predicted molar refractivity (Wildman–Crippen MR) is 94.1 cm³/mol. The highest BCUT2D eigenvalue weighted by Crippen LogP contribution is 2.23. The lowest BCUT2D eigenvalue weighted by atomic mass is 9.96. The van der Waals surface area contributed by atoms with Crippen LogP contribution in [0.5, 0.6) is 0 Å². The highest BCUT2D eigenvalue weighted by atomic mass is 32.2. The number of hydrogen-bond donors (Lipinski definition) is 3. The highest BCUT2D eigenvalue weighted by molar-refractivity contribution is 8.02. The zero-order chi connectivity index (χ0) is 16.2. The third-order valence-corrected chi connectivity index (χ3v) is 4.87. The Bertz CT molecular complexity index is 339. The van der Waals surface area contributed by atoms with Gasteiger partial charge >= 0.3 is 0 Å². The second-order valence-corrected chi connectivity index (χ2v) is 6.85. The maximum Gasteiger partial charge on any atom is 0.129 e. The molecule has 0 bridgehead atoms. The Hall–Kier alpha value is -0.310. The molecule has 7 heteroatoms. The molecule has 0 amide bonds. The zero-order valence-corrected chi connectivity index (χ0v) is 14.7. The Labute approximate surface area is 143 Å². The van der Waals surface area contributed by atoms with Crippen molar-refractivity contribution in [3.8, 4) is 0 Å². The van der Waals surface area contributed by atoms with Crippen LogP contribution in [0.3, 0.4) is 0 Å². The summed E-state index contributed by atoms with van der Waals surface area (Å²) >= 11 is 1.80. The molecular formula is C16H31N3O3S. The maximum atomic E-state index is 5.63. The molecule has 1 unspecified atom stereocenters. The first kappa shape index (κ1) is 19.0. The van der Waals surface area contributed by atoms with Crippen molar-refractivity contribution in [3.63, 3.8) is 0 Å². The first-order chi connectivity index (χ1) is 11.4. The molecule has 1 saturated carbocycles. The summed E-state index contributed by atoms with van der Waals surface area (Å²) in [6, 6.07) is 0.664. The Morgan fingerprint density at radius 3 is 2.48 bits per heavy atom. The molecule has 4 N–H and O–H groups in total. The first-order valence-corrected chi connectivity index (χ1v) is 9.63. The van der Waals surface area contributed by atoms with E-state index in [2.05, 4.69) is 16.0 Å². The Morgan fingerprint density at radius 1 is 1.04 bits per heavy atom. The number of ether oxygens (including phenoxy) is 3. The Morgan fingerprint density at radius 2 is 1.74 bits per heavy atom. The molecule has 0 spiro atoms. The molecule has 0 radical (unpaired) electrons. The van der Waals surface area contributed by atoms with Crippen molar-refractivity contribution in [1.29, 1.82) is 0 Å². The molecule has 6 nitrogen and oxygen atoms in total. The van der Waals surface area contributed by atoms with Crippen LogP contribution in [0.25, 0.3) is 0 Å². The van der Waals surface area contributed by atoms with Gasteiger partial charge in [0.05, 0.1) is 39.6 Å². The van der Waals surface area contributed by atoms with Crippen LogP contribution < -0.4 is 16.4 Å². The zero-order valence-electron chi connectivity index (χ0n) is 13.9. The molecule has 0 saturated heterocycles. The van der Waals surface area contributed by atoms with E-state index in [1.807, 2.05) is 0 Å². The molecule has 1 atom stereocenters. The fraction of sp³-hybridized carbons (Fsp3) is 0.875. The van der Waals surface area contributed by atoms with E-state index in [1.54, 1.807) is 11.8 Å². The van der Waals surface area contributed by atoms with Crippen LogP contribution in [0.4, 0.5) is 0 Å². The lowest BCUT2D eigenvalue weighted by molar-refractivity contribution is 0.0195. The smallest absolute Gasteiger partial charge is 0.129 e. The van der Waals surface area contributed by atoms with Crippen LogP contribution >= 0.6 is 11.8 Å². The topological polar surface area (TPSA) is 77.8 Å². The Kier molecular flexibility index (Phi) is 10.0. The highest BCUT2D eigenvalue weighted by Gasteiger charge is 2.21. The minimum Gasteiger partial charge on any atom is -0.378 e. The average Bonchev–Trinajstić information content (AvgIpc) is 3.01. The van der Waals surface area contributed by atoms with Gasteiger partial charge in [0, 0.05) is 18.3 Å². The van der Waals surface area contributed by atoms with Crippen molar-refractivity contribution < 1.29 is 14.2 Å². The normalized spacial score (nSPS) is 22.1. The molecule has 1 aliphatic heterocycles. The number of rotatable bonds is 12. The lowest BCUT2D eigenvalue weighted by Gasteiger charge is -2.26. The van der Waals surface area contributed by atoms with Gasteiger partial charge in [-0.2, -0.15) is 0 Å². The van der Waals surface area contributed by atoms with Crippen molar-refractivity contribution >= 4 is 11.8 Å². The maximum absolute atomic E-state index is 5.63. The van der Waals surface area contributed by atoms with Gasteiger partial charge in [-0.15, -0.1) is 0 Å². The largest absolute Gasteiger partial charge is 0.378 e. The molecule has 23 heavy (non-hydrogen) atoms. The Balaban J connectivity index is 1.41. The van der Waals surface area contributed by atoms with Gasteiger partial charge in [0.15, 0.2) is 0 Å². The van der Waals surface area contributed by atoms with E-state index in [9.17, 15) is 0 Å². The minimum absolute atomic E-state index is 0.299. The van der Waals surface area contributed by atoms with Crippen LogP contribution in [-0.4, -0.2) is 57.7 Å². The third-order valence-electron chi connectivity index (χ3n) is 3.92. The fourth-order valence-electron chi connectivity index (χ4n) is 2.73. The van der Waals surface area contributed by atoms with E-state index in [0.29, 0.717) is 57.7 Å². The van der Waals surface area contributed by atoms with E-state index in [0.717, 1.165) is 5.70 Å². The molecule has 0 aromatic heterocycles. The van der Waals surface area contributed by atoms with Crippen molar-refractivity contribution in [2.75, 3.05) is 46.2 Å². The summed E-state index contributed by atoms with van der Waals surface area (Å²) in [5.41, 5.74) is 6.77. The van der Waals surface area contributed by atoms with Gasteiger partial charge in [0.1, 0.15) is 5.50 Å². The molecule has 2 rings (SSSR count). The van der Waals surface area contributed by atoms with Crippen LogP contribution in [0, 0.1) is 0 Å². The van der Waals surface area contributed by atoms with Crippen LogP contribution in [0.1, 0.15) is 32.1 Å². The van der Waals surface area contributed by atoms with E-state index in [1.165, 1.54) is 32.1 Å². The lowest BCUT2D eigenvalue weighted by Crippen LogP contribution is -2.43. The number of nitrogens with two attached hydrogens (primary N) is 1. The van der Waals surface area contributed by atoms with Gasteiger partial charge in [-0.05, 0) is 18.2 Å². The van der Waals surface area contributed by atoms with Crippen LogP contribution in [0.2, 0.25) is 0 Å². The second-order valence-electron chi connectivity index (χ2n) is 5.87. The van der Waals surface area contributed by atoms with Crippen molar-refractivity contribution in [2.24, 2.45) is 5.73 Å². The summed E-state index contributed by atoms with van der Waals surface area (Å²) in [4.78, 5) is 0. The number of nitrogens with one attached hydrogen (secondary N) is 2. The van der Waals surface area contributed by atoms with Gasteiger partial charge in [-0.25, -0.2) is 0 Å². The van der Waals surface area contributed by atoms with E-state index in [4.69, 9.17) is 19.9 Å². The number of hydrogen-bond acceptors (Lipinski definition) is 7. The fourth-order valence-corrected chi connectivity index (χ4v) is 3.66. The molecule has 134 valence electrons. The van der Waals surface area contributed by atoms with Gasteiger partial charge in [0.25, 0.3) is 0 Å². The van der Waals surface area contributed by atoms with Crippen molar-refractivity contribution in [1.82, 2.24) is 10.6 Å². The van der Waals surface area contributed by atoms with E-state index >= 15 is 0 Å². The molecule has 1 aliphatic carbocycles. The molecule has 2 aliphatic rings. The minimum atomic E-state index is 0.299. The van der Waals surface area contributed by atoms with E-state index < -0.39 is 0 Å². The second kappa shape index (κ2) is 12.1. The monoisotopic (exact) mass is 345 g/mol. The number of thioether (sulfide) groups is 1. The van der Waals surface area contributed by atoms with Crippen molar-refractivity contribution in [2.45, 2.75) is 43.6 Å². The summed E-state index contributed by atoms with van der Waals surface area (Å²) in [6.45, 7) is 4.14. The first-order valence-electron chi connectivity index (χ1n) is 8.69. The quantitative estimate of drug-likeness (QED) is 0.461. The van der Waals surface area contributed by atoms with Gasteiger partial charge in [-0.1, -0.05) is 31.0 Å². The van der Waals surface area contributed by atoms with Crippen molar-refractivity contribution in [3.05, 3.63) is 11.1 Å². The van der Waals surface area contributed by atoms with E-state index in [-0.39, 0.29) is 0 Å². The van der Waals surface area contributed by atoms with Crippen LogP contribution in [-0.2, 0) is 14.2 Å². The predicted octanol–water partition coefficient (Wildman–Crippen LogP) is 1.38. The third kappa shape index (κ3) is 8.37. The average molecular weight is 346 g/mol. The summed E-state index contributed by atoms with van der Waals surface area (Å²) in [7, 11) is 0. The molecular weight excluding hydrogens is 314 g/mol. The molecule has 1 heterocycles. The van der Waals surface area contributed by atoms with Gasteiger partial charge < -0.3 is 25.3 Å². The summed E-state index contributed by atoms with van der Waals surface area (Å²) in [6.07, 6.45) is 6.71. The summed E-state index contributed by atoms with van der Waals surface area (Å²) in [5, 5.41) is 9.31. The summed E-state index contributed by atoms with van der Waals surface area (Å²) in [5.74, 6) is 0. The van der Waals surface area contributed by atoms with Crippen LogP contribution in [0.15, 0.2) is 11.1 Å². The molecule has 0 aromatic carbocycles. The SMILES string of the molecule is NCCOCCOCCOCC1=CSC(NC2CCCCC2)N1. The van der Waals surface area contributed by atoms with Gasteiger partial charge in [-0.3, -0.25) is 5.32 Å².